The molecule has 9 nitrogen and oxygen atoms in total. The zero-order valence-electron chi connectivity index (χ0n) is 11.5. The Morgan fingerprint density at radius 3 is 2.90 bits per heavy atom. The number of carbonyl (C=O) groups excluding carboxylic acids is 1. The minimum atomic E-state index is -1.13. The maximum Gasteiger partial charge on any atom is 0.358 e. The molecule has 0 aliphatic rings. The zero-order valence-corrected chi connectivity index (χ0v) is 11.5. The second-order valence-corrected chi connectivity index (χ2v) is 4.13. The highest BCUT2D eigenvalue weighted by atomic mass is 16.5. The fourth-order valence-electron chi connectivity index (χ4n) is 1.40. The van der Waals surface area contributed by atoms with Crippen molar-refractivity contribution >= 4 is 12.0 Å². The summed E-state index contributed by atoms with van der Waals surface area (Å²) in [5.74, 6) is -1.13. The molecule has 1 aromatic rings. The summed E-state index contributed by atoms with van der Waals surface area (Å²) in [5.41, 5.74) is -0.125. The summed E-state index contributed by atoms with van der Waals surface area (Å²) in [6, 6.07) is -0.393. The van der Waals surface area contributed by atoms with Gasteiger partial charge in [-0.2, -0.15) is 0 Å². The Morgan fingerprint density at radius 2 is 2.30 bits per heavy atom. The Balaban J connectivity index is 2.22. The second-order valence-electron chi connectivity index (χ2n) is 4.13. The summed E-state index contributed by atoms with van der Waals surface area (Å²) in [4.78, 5) is 22.1. The molecule has 0 radical (unpaired) electrons. The number of ether oxygens (including phenoxy) is 1. The van der Waals surface area contributed by atoms with Gasteiger partial charge in [0.1, 0.15) is 0 Å². The van der Waals surface area contributed by atoms with E-state index in [1.807, 2.05) is 13.8 Å². The van der Waals surface area contributed by atoms with Crippen LogP contribution in [0.1, 0.15) is 24.3 Å². The standard InChI is InChI=1S/C11H19N5O4/c1-3-20-7-8(2)13-11(19)12-4-5-16-6-9(10(17)18)14-15-16/h6,8H,3-5,7H2,1-2H3,(H,17,18)(H2,12,13,19). The van der Waals surface area contributed by atoms with Gasteiger partial charge in [0.25, 0.3) is 0 Å². The van der Waals surface area contributed by atoms with Crippen LogP contribution in [0.5, 0.6) is 0 Å². The van der Waals surface area contributed by atoms with Crippen LogP contribution >= 0.6 is 0 Å². The first-order valence-corrected chi connectivity index (χ1v) is 6.28. The summed E-state index contributed by atoms with van der Waals surface area (Å²) in [5, 5.41) is 21.1. The van der Waals surface area contributed by atoms with Gasteiger partial charge in [0.2, 0.25) is 0 Å². The number of hydrogen-bond donors (Lipinski definition) is 3. The molecule has 112 valence electrons. The van der Waals surface area contributed by atoms with Crippen molar-refractivity contribution in [2.75, 3.05) is 19.8 Å². The van der Waals surface area contributed by atoms with Gasteiger partial charge in [0.15, 0.2) is 5.69 Å². The highest BCUT2D eigenvalue weighted by Gasteiger charge is 2.09. The first kappa shape index (κ1) is 15.9. The molecule has 0 aliphatic heterocycles. The minimum Gasteiger partial charge on any atom is -0.476 e. The highest BCUT2D eigenvalue weighted by Crippen LogP contribution is 1.91. The Morgan fingerprint density at radius 1 is 1.55 bits per heavy atom. The van der Waals surface area contributed by atoms with Crippen LogP contribution in [-0.2, 0) is 11.3 Å². The van der Waals surface area contributed by atoms with Crippen LogP contribution in [0, 0.1) is 0 Å². The van der Waals surface area contributed by atoms with Gasteiger partial charge in [0, 0.05) is 13.2 Å². The van der Waals surface area contributed by atoms with Gasteiger partial charge in [0.05, 0.1) is 25.4 Å². The van der Waals surface area contributed by atoms with Crippen LogP contribution in [0.25, 0.3) is 0 Å². The average Bonchev–Trinajstić information content (AvgIpc) is 2.85. The lowest BCUT2D eigenvalue weighted by molar-refractivity contribution is 0.0690. The van der Waals surface area contributed by atoms with Crippen molar-refractivity contribution in [3.63, 3.8) is 0 Å². The fraction of sp³-hybridized carbons (Fsp3) is 0.636. The summed E-state index contributed by atoms with van der Waals surface area (Å²) in [6.45, 7) is 5.44. The molecule has 1 aromatic heterocycles. The van der Waals surface area contributed by atoms with Crippen molar-refractivity contribution in [1.82, 2.24) is 25.6 Å². The quantitative estimate of drug-likeness (QED) is 0.603. The molecule has 1 heterocycles. The van der Waals surface area contributed by atoms with Crippen molar-refractivity contribution < 1.29 is 19.4 Å². The van der Waals surface area contributed by atoms with E-state index in [0.29, 0.717) is 26.3 Å². The van der Waals surface area contributed by atoms with Crippen LogP contribution in [0.2, 0.25) is 0 Å². The van der Waals surface area contributed by atoms with E-state index in [1.54, 1.807) is 0 Å². The largest absolute Gasteiger partial charge is 0.476 e. The normalized spacial score (nSPS) is 11.9. The topological polar surface area (TPSA) is 118 Å². The number of rotatable bonds is 8. The van der Waals surface area contributed by atoms with E-state index in [1.165, 1.54) is 10.9 Å². The predicted octanol–water partition coefficient (Wildman–Crippen LogP) is -0.299. The number of amides is 2. The third-order valence-electron chi connectivity index (χ3n) is 2.33. The summed E-state index contributed by atoms with van der Waals surface area (Å²) in [6.07, 6.45) is 1.31. The van der Waals surface area contributed by atoms with Gasteiger partial charge in [-0.1, -0.05) is 5.21 Å². The fourth-order valence-corrected chi connectivity index (χ4v) is 1.40. The number of carboxylic acids is 1. The predicted molar refractivity (Wildman–Crippen MR) is 69.5 cm³/mol. The minimum absolute atomic E-state index is 0.0834. The number of nitrogens with zero attached hydrogens (tertiary/aromatic N) is 3. The monoisotopic (exact) mass is 285 g/mol. The highest BCUT2D eigenvalue weighted by molar-refractivity contribution is 5.84. The van der Waals surface area contributed by atoms with Crippen LogP contribution in [0.15, 0.2) is 6.20 Å². The zero-order chi connectivity index (χ0) is 15.0. The average molecular weight is 285 g/mol. The van der Waals surface area contributed by atoms with Gasteiger partial charge in [-0.25, -0.2) is 14.3 Å². The van der Waals surface area contributed by atoms with Crippen molar-refractivity contribution in [3.8, 4) is 0 Å². The maximum absolute atomic E-state index is 11.5. The molecule has 0 fully saturated rings. The van der Waals surface area contributed by atoms with E-state index < -0.39 is 5.97 Å². The van der Waals surface area contributed by atoms with Gasteiger partial charge in [-0.05, 0) is 13.8 Å². The van der Waals surface area contributed by atoms with Crippen LogP contribution in [0.4, 0.5) is 4.79 Å². The molecule has 9 heteroatoms. The molecule has 20 heavy (non-hydrogen) atoms. The molecular weight excluding hydrogens is 266 g/mol. The maximum atomic E-state index is 11.5. The van der Waals surface area contributed by atoms with Crippen LogP contribution in [-0.4, -0.2) is 57.9 Å². The smallest absolute Gasteiger partial charge is 0.358 e. The Kier molecular flexibility index (Phi) is 6.44. The molecule has 1 rings (SSSR count). The van der Waals surface area contributed by atoms with E-state index in [9.17, 15) is 9.59 Å². The lowest BCUT2D eigenvalue weighted by Gasteiger charge is -2.14. The molecule has 3 N–H and O–H groups in total. The molecule has 1 atom stereocenters. The third kappa shape index (κ3) is 5.65. The van der Waals surface area contributed by atoms with Crippen molar-refractivity contribution in [2.45, 2.75) is 26.4 Å². The Labute approximate surface area is 116 Å². The van der Waals surface area contributed by atoms with E-state index in [-0.39, 0.29) is 17.8 Å². The Bertz CT molecular complexity index is 448. The number of nitrogens with one attached hydrogen (secondary N) is 2. The number of hydrogen-bond acceptors (Lipinski definition) is 5. The molecule has 2 amide bonds. The number of aromatic nitrogens is 3. The molecule has 0 aliphatic carbocycles. The van der Waals surface area contributed by atoms with E-state index in [4.69, 9.17) is 9.84 Å². The third-order valence-corrected chi connectivity index (χ3v) is 2.33. The van der Waals surface area contributed by atoms with Crippen molar-refractivity contribution in [1.29, 1.82) is 0 Å². The van der Waals surface area contributed by atoms with Crippen molar-refractivity contribution in [3.05, 3.63) is 11.9 Å². The lowest BCUT2D eigenvalue weighted by atomic mass is 10.4. The van der Waals surface area contributed by atoms with Crippen molar-refractivity contribution in [2.24, 2.45) is 0 Å². The number of carboxylic acid groups (broad SMARTS) is 1. The van der Waals surface area contributed by atoms with Gasteiger partial charge < -0.3 is 20.5 Å². The summed E-state index contributed by atoms with van der Waals surface area (Å²) < 4.78 is 6.53. The number of carbonyl (C=O) groups is 2. The second kappa shape index (κ2) is 8.10. The molecule has 1 unspecified atom stereocenters. The Hall–Kier alpha value is -2.16. The summed E-state index contributed by atoms with van der Waals surface area (Å²) in [7, 11) is 0. The molecule has 0 saturated carbocycles. The van der Waals surface area contributed by atoms with Gasteiger partial charge in [-0.15, -0.1) is 5.10 Å². The van der Waals surface area contributed by atoms with Gasteiger partial charge in [-0.3, -0.25) is 0 Å². The number of aromatic carboxylic acids is 1. The van der Waals surface area contributed by atoms with E-state index >= 15 is 0 Å². The molecule has 0 spiro atoms. The van der Waals surface area contributed by atoms with Crippen LogP contribution in [0.3, 0.4) is 0 Å². The number of urea groups is 1. The molecule has 0 aromatic carbocycles. The first-order valence-electron chi connectivity index (χ1n) is 6.28. The molecular formula is C11H19N5O4. The SMILES string of the molecule is CCOCC(C)NC(=O)NCCn1cc(C(=O)O)nn1. The van der Waals surface area contributed by atoms with Gasteiger partial charge >= 0.3 is 12.0 Å². The molecule has 0 saturated heterocycles. The van der Waals surface area contributed by atoms with Crippen LogP contribution < -0.4 is 10.6 Å². The molecule has 0 bridgehead atoms. The van der Waals surface area contributed by atoms with E-state index in [2.05, 4.69) is 20.9 Å². The van der Waals surface area contributed by atoms with E-state index in [0.717, 1.165) is 0 Å². The summed E-state index contributed by atoms with van der Waals surface area (Å²) >= 11 is 0. The lowest BCUT2D eigenvalue weighted by Crippen LogP contribution is -2.43. The first-order chi connectivity index (χ1) is 9.52.